The number of hydrogen-bond donors (Lipinski definition) is 3. The van der Waals surface area contributed by atoms with Crippen molar-refractivity contribution in [3.05, 3.63) is 53.6 Å². The molecule has 6 heteroatoms. The number of anilines is 2. The van der Waals surface area contributed by atoms with Crippen LogP contribution in [-0.2, 0) is 4.79 Å². The normalized spacial score (nSPS) is 9.96. The Morgan fingerprint density at radius 1 is 1.08 bits per heavy atom. The second-order valence-electron chi connectivity index (χ2n) is 5.23. The first-order valence-corrected chi connectivity index (χ1v) is 7.54. The van der Waals surface area contributed by atoms with Crippen molar-refractivity contribution in [1.29, 1.82) is 0 Å². The third-order valence-corrected chi connectivity index (χ3v) is 3.47. The minimum Gasteiger partial charge on any atom is -0.495 e. The number of carbonyl (C=O) groups excluding carboxylic acids is 2. The lowest BCUT2D eigenvalue weighted by molar-refractivity contribution is -0.114. The minimum atomic E-state index is -0.231. The van der Waals surface area contributed by atoms with Crippen molar-refractivity contribution < 1.29 is 14.3 Å². The number of hydrogen-bond acceptors (Lipinski definition) is 4. The maximum Gasteiger partial charge on any atom is 0.253 e. The van der Waals surface area contributed by atoms with E-state index in [0.717, 1.165) is 5.56 Å². The predicted octanol–water partition coefficient (Wildman–Crippen LogP) is 2.41. The van der Waals surface area contributed by atoms with Crippen molar-refractivity contribution in [2.24, 2.45) is 0 Å². The number of ether oxygens (including phenoxy) is 1. The zero-order chi connectivity index (χ0) is 17.5. The molecule has 2 rings (SSSR count). The number of methoxy groups -OCH3 is 1. The number of rotatable bonds is 6. The third kappa shape index (κ3) is 4.25. The predicted molar refractivity (Wildman–Crippen MR) is 94.7 cm³/mol. The Bertz CT molecular complexity index is 744. The molecule has 0 aromatic heterocycles. The van der Waals surface area contributed by atoms with E-state index in [9.17, 15) is 9.59 Å². The molecule has 24 heavy (non-hydrogen) atoms. The molecule has 2 amide bonds. The second kappa shape index (κ2) is 8.01. The van der Waals surface area contributed by atoms with E-state index >= 15 is 0 Å². The van der Waals surface area contributed by atoms with Crippen LogP contribution in [0.25, 0.3) is 0 Å². The molecular formula is C18H21N3O3. The Balaban J connectivity index is 2.05. The molecule has 0 fully saturated rings. The van der Waals surface area contributed by atoms with Gasteiger partial charge in [0.05, 0.1) is 24.9 Å². The fraction of sp³-hybridized carbons (Fsp3) is 0.222. The van der Waals surface area contributed by atoms with E-state index in [-0.39, 0.29) is 18.4 Å². The van der Waals surface area contributed by atoms with Crippen LogP contribution in [0.2, 0.25) is 0 Å². The first kappa shape index (κ1) is 17.3. The molecule has 0 unspecified atom stereocenters. The summed E-state index contributed by atoms with van der Waals surface area (Å²) in [6.45, 7) is 1.97. The first-order valence-electron chi connectivity index (χ1n) is 7.54. The Morgan fingerprint density at radius 2 is 1.83 bits per heavy atom. The third-order valence-electron chi connectivity index (χ3n) is 3.47. The summed E-state index contributed by atoms with van der Waals surface area (Å²) in [7, 11) is 3.12. The average molecular weight is 327 g/mol. The Kier molecular flexibility index (Phi) is 5.78. The van der Waals surface area contributed by atoms with Gasteiger partial charge < -0.3 is 20.7 Å². The summed E-state index contributed by atoms with van der Waals surface area (Å²) in [6, 6.07) is 12.6. The largest absolute Gasteiger partial charge is 0.495 e. The van der Waals surface area contributed by atoms with Gasteiger partial charge in [-0.15, -0.1) is 0 Å². The summed E-state index contributed by atoms with van der Waals surface area (Å²) in [5.74, 6) is 0.157. The highest BCUT2D eigenvalue weighted by Crippen LogP contribution is 2.25. The molecule has 0 heterocycles. The van der Waals surface area contributed by atoms with Crippen molar-refractivity contribution >= 4 is 23.2 Å². The van der Waals surface area contributed by atoms with E-state index in [4.69, 9.17) is 4.74 Å². The fourth-order valence-corrected chi connectivity index (χ4v) is 2.26. The minimum absolute atomic E-state index is 0.0328. The van der Waals surface area contributed by atoms with Crippen LogP contribution in [-0.4, -0.2) is 32.5 Å². The highest BCUT2D eigenvalue weighted by Gasteiger charge is 2.11. The van der Waals surface area contributed by atoms with Crippen molar-refractivity contribution in [1.82, 2.24) is 5.32 Å². The molecule has 0 aliphatic carbocycles. The molecule has 0 aliphatic rings. The van der Waals surface area contributed by atoms with Gasteiger partial charge in [-0.25, -0.2) is 0 Å². The lowest BCUT2D eigenvalue weighted by atomic mass is 10.1. The lowest BCUT2D eigenvalue weighted by Crippen LogP contribution is -2.24. The van der Waals surface area contributed by atoms with Crippen molar-refractivity contribution in [2.75, 3.05) is 31.3 Å². The van der Waals surface area contributed by atoms with Crippen molar-refractivity contribution in [3.8, 4) is 5.75 Å². The molecule has 0 atom stereocenters. The number of amides is 2. The molecule has 0 spiro atoms. The van der Waals surface area contributed by atoms with Gasteiger partial charge in [0.15, 0.2) is 0 Å². The van der Waals surface area contributed by atoms with Crippen LogP contribution >= 0.6 is 0 Å². The zero-order valence-corrected chi connectivity index (χ0v) is 14.0. The number of para-hydroxylation sites is 1. The monoisotopic (exact) mass is 327 g/mol. The van der Waals surface area contributed by atoms with Gasteiger partial charge >= 0.3 is 0 Å². The van der Waals surface area contributed by atoms with Crippen LogP contribution < -0.4 is 20.7 Å². The van der Waals surface area contributed by atoms with Crippen LogP contribution in [0.3, 0.4) is 0 Å². The molecular weight excluding hydrogens is 306 g/mol. The number of carbonyl (C=O) groups is 2. The van der Waals surface area contributed by atoms with Gasteiger partial charge in [-0.1, -0.05) is 18.2 Å². The molecule has 3 N–H and O–H groups in total. The number of aryl methyl sites for hydroxylation is 1. The quantitative estimate of drug-likeness (QED) is 0.761. The summed E-state index contributed by atoms with van der Waals surface area (Å²) >= 11 is 0. The molecule has 2 aromatic rings. The van der Waals surface area contributed by atoms with E-state index in [1.54, 1.807) is 44.5 Å². The Morgan fingerprint density at radius 3 is 2.54 bits per heavy atom. The molecule has 6 nitrogen and oxygen atoms in total. The molecule has 0 saturated carbocycles. The van der Waals surface area contributed by atoms with E-state index in [2.05, 4.69) is 16.0 Å². The van der Waals surface area contributed by atoms with Gasteiger partial charge in [0.25, 0.3) is 5.91 Å². The Labute approximate surface area is 141 Å². The summed E-state index contributed by atoms with van der Waals surface area (Å²) in [5, 5.41) is 8.37. The second-order valence-corrected chi connectivity index (χ2v) is 5.23. The molecule has 2 aromatic carbocycles. The smallest absolute Gasteiger partial charge is 0.253 e. The molecule has 0 bridgehead atoms. The summed E-state index contributed by atoms with van der Waals surface area (Å²) in [4.78, 5) is 24.0. The van der Waals surface area contributed by atoms with Crippen LogP contribution in [0, 0.1) is 6.92 Å². The average Bonchev–Trinajstić information content (AvgIpc) is 2.59. The van der Waals surface area contributed by atoms with Crippen LogP contribution in [0.4, 0.5) is 11.4 Å². The molecule has 0 aliphatic heterocycles. The molecule has 0 radical (unpaired) electrons. The first-order chi connectivity index (χ1) is 11.5. The fourth-order valence-electron chi connectivity index (χ4n) is 2.26. The van der Waals surface area contributed by atoms with Gasteiger partial charge in [0.2, 0.25) is 5.91 Å². The standard InChI is InChI=1S/C18H21N3O3/c1-12-8-9-16(24-3)15(10-12)21-17(22)11-20-14-7-5-4-6-13(14)18(23)19-2/h4-10,20H,11H2,1-3H3,(H,19,23)(H,21,22). The Hall–Kier alpha value is -3.02. The highest BCUT2D eigenvalue weighted by atomic mass is 16.5. The summed E-state index contributed by atoms with van der Waals surface area (Å²) < 4.78 is 5.24. The van der Waals surface area contributed by atoms with Gasteiger partial charge in [-0.3, -0.25) is 9.59 Å². The van der Waals surface area contributed by atoms with Gasteiger partial charge in [0.1, 0.15) is 5.75 Å². The molecule has 126 valence electrons. The van der Waals surface area contributed by atoms with Crippen LogP contribution in [0.1, 0.15) is 15.9 Å². The van der Waals surface area contributed by atoms with Crippen LogP contribution in [0.5, 0.6) is 5.75 Å². The van der Waals surface area contributed by atoms with E-state index in [0.29, 0.717) is 22.7 Å². The van der Waals surface area contributed by atoms with E-state index < -0.39 is 0 Å². The maximum atomic E-state index is 12.2. The summed E-state index contributed by atoms with van der Waals surface area (Å²) in [6.07, 6.45) is 0. The van der Waals surface area contributed by atoms with Crippen LogP contribution in [0.15, 0.2) is 42.5 Å². The number of nitrogens with one attached hydrogen (secondary N) is 3. The lowest BCUT2D eigenvalue weighted by Gasteiger charge is -2.13. The van der Waals surface area contributed by atoms with Crippen molar-refractivity contribution in [3.63, 3.8) is 0 Å². The summed E-state index contributed by atoms with van der Waals surface area (Å²) in [5.41, 5.74) is 2.72. The zero-order valence-electron chi connectivity index (χ0n) is 14.0. The SMILES string of the molecule is CNC(=O)c1ccccc1NCC(=O)Nc1cc(C)ccc1OC. The topological polar surface area (TPSA) is 79.5 Å². The van der Waals surface area contributed by atoms with Crippen molar-refractivity contribution in [2.45, 2.75) is 6.92 Å². The highest BCUT2D eigenvalue weighted by molar-refractivity contribution is 6.01. The van der Waals surface area contributed by atoms with E-state index in [1.165, 1.54) is 0 Å². The van der Waals surface area contributed by atoms with Gasteiger partial charge in [-0.2, -0.15) is 0 Å². The molecule has 0 saturated heterocycles. The maximum absolute atomic E-state index is 12.2. The number of benzene rings is 2. The van der Waals surface area contributed by atoms with E-state index in [1.807, 2.05) is 19.1 Å². The van der Waals surface area contributed by atoms with Gasteiger partial charge in [-0.05, 0) is 36.8 Å². The van der Waals surface area contributed by atoms with Gasteiger partial charge in [0, 0.05) is 12.7 Å².